The summed E-state index contributed by atoms with van der Waals surface area (Å²) in [7, 11) is 0. The first-order chi connectivity index (χ1) is 15.2. The predicted octanol–water partition coefficient (Wildman–Crippen LogP) is 5.94. The van der Waals surface area contributed by atoms with Gasteiger partial charge in [-0.2, -0.15) is 5.10 Å². The van der Waals surface area contributed by atoms with Gasteiger partial charge in [0.25, 0.3) is 0 Å². The second-order valence-electron chi connectivity index (χ2n) is 8.66. The fraction of sp³-hybridized carbons (Fsp3) is 0.240. The average molecular weight is 432 g/mol. The van der Waals surface area contributed by atoms with Crippen LogP contribution in [0.3, 0.4) is 0 Å². The highest BCUT2D eigenvalue weighted by Gasteiger charge is 2.21. The van der Waals surface area contributed by atoms with Crippen molar-refractivity contribution in [1.29, 1.82) is 0 Å². The van der Waals surface area contributed by atoms with Gasteiger partial charge in [0.05, 0.1) is 24.6 Å². The van der Waals surface area contributed by atoms with Gasteiger partial charge in [0.1, 0.15) is 11.4 Å². The molecule has 32 heavy (non-hydrogen) atoms. The number of aromatic nitrogens is 3. The zero-order chi connectivity index (χ0) is 22.9. The molecule has 0 spiro atoms. The molecule has 0 fully saturated rings. The summed E-state index contributed by atoms with van der Waals surface area (Å²) >= 11 is 0. The first kappa shape index (κ1) is 21.5. The third kappa shape index (κ3) is 4.61. The van der Waals surface area contributed by atoms with Crippen molar-refractivity contribution < 1.29 is 13.9 Å². The molecule has 164 valence electrons. The molecule has 7 heteroatoms. The van der Waals surface area contributed by atoms with Crippen molar-refractivity contribution in [1.82, 2.24) is 14.8 Å². The Balaban J connectivity index is 1.83. The zero-order valence-electron chi connectivity index (χ0n) is 18.5. The smallest absolute Gasteiger partial charge is 0.412 e. The van der Waals surface area contributed by atoms with Crippen molar-refractivity contribution in [3.05, 3.63) is 77.9 Å². The van der Waals surface area contributed by atoms with E-state index in [1.165, 1.54) is 12.1 Å². The lowest BCUT2D eigenvalue weighted by atomic mass is 9.97. The van der Waals surface area contributed by atoms with Crippen LogP contribution in [0.4, 0.5) is 14.9 Å². The normalized spacial score (nSPS) is 11.5. The number of nitrogens with zero attached hydrogens (tertiary/aromatic N) is 3. The number of rotatable bonds is 4. The summed E-state index contributed by atoms with van der Waals surface area (Å²) in [6.45, 7) is 7.78. The van der Waals surface area contributed by atoms with E-state index in [0.29, 0.717) is 17.9 Å². The van der Waals surface area contributed by atoms with Crippen LogP contribution in [-0.2, 0) is 11.3 Å². The maximum absolute atomic E-state index is 13.8. The summed E-state index contributed by atoms with van der Waals surface area (Å²) in [5, 5.41) is 8.10. The number of nitrogens with one attached hydrogen (secondary N) is 1. The molecular weight excluding hydrogens is 407 g/mol. The second kappa shape index (κ2) is 8.42. The molecular formula is C25H25FN4O2. The van der Waals surface area contributed by atoms with Crippen molar-refractivity contribution in [3.63, 3.8) is 0 Å². The number of carbonyl (C=O) groups is 1. The molecule has 4 rings (SSSR count). The molecule has 0 atom stereocenters. The van der Waals surface area contributed by atoms with Gasteiger partial charge in [-0.3, -0.25) is 5.32 Å². The Hall–Kier alpha value is -3.74. The quantitative estimate of drug-likeness (QED) is 0.433. The molecule has 0 saturated carbocycles. The highest BCUT2D eigenvalue weighted by Crippen LogP contribution is 2.37. The molecule has 2 aromatic carbocycles. The number of benzene rings is 2. The summed E-state index contributed by atoms with van der Waals surface area (Å²) in [6, 6.07) is 14.5. The Morgan fingerprint density at radius 1 is 1.12 bits per heavy atom. The number of fused-ring (bicyclic) bond motifs is 1. The van der Waals surface area contributed by atoms with Crippen LogP contribution < -0.4 is 5.32 Å². The van der Waals surface area contributed by atoms with Crippen molar-refractivity contribution in [2.24, 2.45) is 0 Å². The molecule has 2 heterocycles. The fourth-order valence-corrected chi connectivity index (χ4v) is 3.60. The molecule has 2 aromatic heterocycles. The molecule has 0 aliphatic heterocycles. The number of hydrogen-bond donors (Lipinski definition) is 1. The lowest BCUT2D eigenvalue weighted by Gasteiger charge is -2.21. The van der Waals surface area contributed by atoms with Gasteiger partial charge in [-0.25, -0.2) is 18.9 Å². The molecule has 4 aromatic rings. The van der Waals surface area contributed by atoms with Crippen LogP contribution in [0.1, 0.15) is 31.9 Å². The van der Waals surface area contributed by atoms with Gasteiger partial charge in [0, 0.05) is 10.9 Å². The highest BCUT2D eigenvalue weighted by atomic mass is 19.1. The number of pyridine rings is 1. The summed E-state index contributed by atoms with van der Waals surface area (Å²) < 4.78 is 21.0. The minimum absolute atomic E-state index is 0.321. The van der Waals surface area contributed by atoms with Crippen LogP contribution in [0, 0.1) is 12.7 Å². The van der Waals surface area contributed by atoms with Gasteiger partial charge < -0.3 is 4.74 Å². The van der Waals surface area contributed by atoms with Gasteiger partial charge in [-0.15, -0.1) is 0 Å². The molecule has 0 bridgehead atoms. The highest BCUT2D eigenvalue weighted by molar-refractivity contribution is 6.03. The summed E-state index contributed by atoms with van der Waals surface area (Å²) in [6.07, 6.45) is 2.73. The Morgan fingerprint density at radius 2 is 1.88 bits per heavy atom. The van der Waals surface area contributed by atoms with Crippen LogP contribution in [-0.4, -0.2) is 26.5 Å². The van der Waals surface area contributed by atoms with Gasteiger partial charge in [0.2, 0.25) is 0 Å². The minimum atomic E-state index is -0.645. The summed E-state index contributed by atoms with van der Waals surface area (Å²) in [5.74, 6) is -0.321. The van der Waals surface area contributed by atoms with Crippen molar-refractivity contribution >= 4 is 22.8 Å². The second-order valence-corrected chi connectivity index (χ2v) is 8.66. The van der Waals surface area contributed by atoms with Crippen LogP contribution in [0.25, 0.3) is 22.2 Å². The van der Waals surface area contributed by atoms with E-state index < -0.39 is 11.7 Å². The van der Waals surface area contributed by atoms with Gasteiger partial charge in [-0.1, -0.05) is 36.4 Å². The first-order valence-electron chi connectivity index (χ1n) is 10.4. The number of ether oxygens (including phenoxy) is 1. The topological polar surface area (TPSA) is 69.0 Å². The van der Waals surface area contributed by atoms with E-state index in [2.05, 4.69) is 15.4 Å². The van der Waals surface area contributed by atoms with E-state index >= 15 is 0 Å². The molecule has 0 aliphatic carbocycles. The third-order valence-electron chi connectivity index (χ3n) is 4.93. The standard InChI is InChI=1S/C25H25FN4O2/c1-16-12-18(26)10-11-19(16)22-20-13-28-30(15-17-8-6-5-7-9-17)23(20)27-14-21(22)29-24(31)32-25(2,3)4/h5-14H,15H2,1-4H3,(H,29,31). The van der Waals surface area contributed by atoms with Crippen molar-refractivity contribution in [2.45, 2.75) is 39.8 Å². The van der Waals surface area contributed by atoms with Crippen LogP contribution in [0.5, 0.6) is 0 Å². The van der Waals surface area contributed by atoms with E-state index in [9.17, 15) is 9.18 Å². The van der Waals surface area contributed by atoms with Crippen LogP contribution in [0.2, 0.25) is 0 Å². The molecule has 0 saturated heterocycles. The molecule has 1 N–H and O–H groups in total. The summed E-state index contributed by atoms with van der Waals surface area (Å²) in [5.41, 5.74) is 3.83. The third-order valence-corrected chi connectivity index (χ3v) is 4.93. The summed E-state index contributed by atoms with van der Waals surface area (Å²) in [4.78, 5) is 17.1. The predicted molar refractivity (Wildman–Crippen MR) is 123 cm³/mol. The van der Waals surface area contributed by atoms with Gasteiger partial charge in [0.15, 0.2) is 5.65 Å². The molecule has 0 radical (unpaired) electrons. The number of aryl methyl sites for hydroxylation is 1. The molecule has 0 aliphatic rings. The Labute approximate surface area is 186 Å². The van der Waals surface area contributed by atoms with E-state index in [-0.39, 0.29) is 5.82 Å². The number of carbonyl (C=O) groups excluding carboxylic acids is 1. The lowest BCUT2D eigenvalue weighted by Crippen LogP contribution is -2.27. The van der Waals surface area contributed by atoms with Gasteiger partial charge in [-0.05, 0) is 56.5 Å². The van der Waals surface area contributed by atoms with Crippen molar-refractivity contribution in [3.8, 4) is 11.1 Å². The van der Waals surface area contributed by atoms with Gasteiger partial charge >= 0.3 is 6.09 Å². The molecule has 1 amide bonds. The maximum atomic E-state index is 13.8. The van der Waals surface area contributed by atoms with E-state index in [1.807, 2.05) is 41.9 Å². The monoisotopic (exact) mass is 432 g/mol. The van der Waals surface area contributed by atoms with E-state index in [4.69, 9.17) is 4.74 Å². The largest absolute Gasteiger partial charge is 0.444 e. The van der Waals surface area contributed by atoms with Crippen LogP contribution in [0.15, 0.2) is 60.9 Å². The number of hydrogen-bond acceptors (Lipinski definition) is 4. The van der Waals surface area contributed by atoms with E-state index in [1.54, 1.807) is 39.2 Å². The molecule has 6 nitrogen and oxygen atoms in total. The Kier molecular flexibility index (Phi) is 5.65. The number of amides is 1. The average Bonchev–Trinajstić information content (AvgIpc) is 3.11. The van der Waals surface area contributed by atoms with Crippen molar-refractivity contribution in [2.75, 3.05) is 5.32 Å². The number of halogens is 1. The number of anilines is 1. The molecule has 0 unspecified atom stereocenters. The Morgan fingerprint density at radius 3 is 2.56 bits per heavy atom. The minimum Gasteiger partial charge on any atom is -0.444 e. The fourth-order valence-electron chi connectivity index (χ4n) is 3.60. The SMILES string of the molecule is Cc1cc(F)ccc1-c1c(NC(=O)OC(C)(C)C)cnc2c1cnn2Cc1ccccc1. The lowest BCUT2D eigenvalue weighted by molar-refractivity contribution is 0.0636. The van der Waals surface area contributed by atoms with E-state index in [0.717, 1.165) is 27.6 Å². The van der Waals surface area contributed by atoms with Crippen LogP contribution >= 0.6 is 0 Å². The zero-order valence-corrected chi connectivity index (χ0v) is 18.5. The Bertz CT molecular complexity index is 1280. The first-order valence-corrected chi connectivity index (χ1v) is 10.4. The maximum Gasteiger partial charge on any atom is 0.412 e.